The Balaban J connectivity index is 1.50. The third-order valence-corrected chi connectivity index (χ3v) is 6.56. The summed E-state index contributed by atoms with van der Waals surface area (Å²) < 4.78 is 5.52. The summed E-state index contributed by atoms with van der Waals surface area (Å²) in [6, 6.07) is 6.39. The molecule has 1 amide bonds. The van der Waals surface area contributed by atoms with Gasteiger partial charge in [0.2, 0.25) is 11.9 Å². The summed E-state index contributed by atoms with van der Waals surface area (Å²) in [6.07, 6.45) is 4.98. The van der Waals surface area contributed by atoms with E-state index in [0.717, 1.165) is 55.7 Å². The van der Waals surface area contributed by atoms with Crippen LogP contribution < -0.4 is 21.3 Å². The Kier molecular flexibility index (Phi) is 6.16. The maximum atomic E-state index is 12.4. The predicted octanol–water partition coefficient (Wildman–Crippen LogP) is 3.16. The number of hydrogen-bond donors (Lipinski definition) is 2. The molecular formula is C24H37N7O2. The Morgan fingerprint density at radius 1 is 1.06 bits per heavy atom. The van der Waals surface area contributed by atoms with Gasteiger partial charge < -0.3 is 26.0 Å². The zero-order valence-electron chi connectivity index (χ0n) is 20.3. The quantitative estimate of drug-likeness (QED) is 0.708. The highest BCUT2D eigenvalue weighted by molar-refractivity contribution is 6.05. The molecule has 33 heavy (non-hydrogen) atoms. The topological polar surface area (TPSA) is 113 Å². The van der Waals surface area contributed by atoms with Gasteiger partial charge in [0.05, 0.1) is 0 Å². The first-order chi connectivity index (χ1) is 15.6. The van der Waals surface area contributed by atoms with Crippen molar-refractivity contribution < 1.29 is 9.53 Å². The van der Waals surface area contributed by atoms with Gasteiger partial charge in [-0.1, -0.05) is 6.42 Å². The minimum Gasteiger partial charge on any atom is -0.444 e. The molecule has 9 nitrogen and oxygen atoms in total. The summed E-state index contributed by atoms with van der Waals surface area (Å²) in [6.45, 7) is 10.6. The molecule has 0 aromatic heterocycles. The van der Waals surface area contributed by atoms with Crippen molar-refractivity contribution >= 4 is 29.4 Å². The average molecular weight is 456 g/mol. The lowest BCUT2D eigenvalue weighted by atomic mass is 9.87. The molecule has 2 aliphatic heterocycles. The number of amides is 1. The van der Waals surface area contributed by atoms with Crippen molar-refractivity contribution in [2.24, 2.45) is 21.5 Å². The number of carbonyl (C=O) groups excluding carboxylic acids is 1. The van der Waals surface area contributed by atoms with Gasteiger partial charge in [-0.15, -0.1) is 0 Å². The summed E-state index contributed by atoms with van der Waals surface area (Å²) in [5.74, 6) is 0.671. The first-order valence-electron chi connectivity index (χ1n) is 11.9. The zero-order chi connectivity index (χ0) is 23.8. The highest BCUT2D eigenvalue weighted by atomic mass is 16.6. The van der Waals surface area contributed by atoms with E-state index in [9.17, 15) is 4.79 Å². The van der Waals surface area contributed by atoms with E-state index in [1.54, 1.807) is 4.90 Å². The second-order valence-electron chi connectivity index (χ2n) is 10.2. The van der Waals surface area contributed by atoms with Crippen molar-refractivity contribution in [2.45, 2.75) is 71.1 Å². The molecule has 9 heteroatoms. The molecule has 0 radical (unpaired) electrons. The van der Waals surface area contributed by atoms with Crippen LogP contribution >= 0.6 is 0 Å². The molecule has 180 valence electrons. The third kappa shape index (κ3) is 4.86. The average Bonchev–Trinajstić information content (AvgIpc) is 2.73. The van der Waals surface area contributed by atoms with Gasteiger partial charge in [-0.25, -0.2) is 9.79 Å². The normalized spacial score (nSPS) is 21.0. The molecule has 2 heterocycles. The Morgan fingerprint density at radius 2 is 1.73 bits per heavy atom. The van der Waals surface area contributed by atoms with Gasteiger partial charge in [0, 0.05) is 37.6 Å². The van der Waals surface area contributed by atoms with E-state index in [2.05, 4.69) is 39.9 Å². The summed E-state index contributed by atoms with van der Waals surface area (Å²) >= 11 is 0. The number of anilines is 2. The summed E-state index contributed by atoms with van der Waals surface area (Å²) in [4.78, 5) is 27.6. The number of hydrogen-bond acceptors (Lipinski definition) is 8. The number of nitrogens with zero attached hydrogens (tertiary/aromatic N) is 5. The number of carbonyl (C=O) groups is 1. The van der Waals surface area contributed by atoms with Crippen molar-refractivity contribution in [2.75, 3.05) is 36.0 Å². The van der Waals surface area contributed by atoms with Gasteiger partial charge in [-0.3, -0.25) is 4.90 Å². The van der Waals surface area contributed by atoms with Crippen molar-refractivity contribution in [3.05, 3.63) is 23.8 Å². The van der Waals surface area contributed by atoms with E-state index in [0.29, 0.717) is 19.0 Å². The number of guanidine groups is 2. The molecule has 4 N–H and O–H groups in total. The lowest BCUT2D eigenvalue weighted by molar-refractivity contribution is 0.0240. The van der Waals surface area contributed by atoms with Gasteiger partial charge in [0.1, 0.15) is 11.3 Å². The van der Waals surface area contributed by atoms with Gasteiger partial charge in [-0.05, 0) is 77.1 Å². The van der Waals surface area contributed by atoms with Gasteiger partial charge >= 0.3 is 6.09 Å². The number of ether oxygens (including phenoxy) is 1. The minimum absolute atomic E-state index is 0.244. The number of rotatable bonds is 2. The van der Waals surface area contributed by atoms with E-state index < -0.39 is 11.3 Å². The largest absolute Gasteiger partial charge is 0.444 e. The van der Waals surface area contributed by atoms with Crippen LogP contribution in [0, 0.1) is 6.92 Å². The summed E-state index contributed by atoms with van der Waals surface area (Å²) in [5, 5.41) is 0. The maximum absolute atomic E-state index is 12.4. The van der Waals surface area contributed by atoms with Crippen LogP contribution in [0.5, 0.6) is 0 Å². The maximum Gasteiger partial charge on any atom is 0.410 e. The highest BCUT2D eigenvalue weighted by Gasteiger charge is 2.42. The first kappa shape index (κ1) is 23.2. The molecule has 1 spiro atoms. The Morgan fingerprint density at radius 3 is 2.33 bits per heavy atom. The van der Waals surface area contributed by atoms with Crippen molar-refractivity contribution in [1.82, 2.24) is 4.90 Å². The second-order valence-corrected chi connectivity index (χ2v) is 10.2. The van der Waals surface area contributed by atoms with Crippen LogP contribution in [0.25, 0.3) is 0 Å². The SMILES string of the molecule is Cc1cc(N2C(N)=NC(N)=NC23CCCCC3)ccc1N1CCN(C(=O)OC(C)(C)C)CC1. The Bertz CT molecular complexity index is 952. The number of aryl methyl sites for hydroxylation is 1. The minimum atomic E-state index is -0.482. The van der Waals surface area contributed by atoms with Crippen molar-refractivity contribution in [1.29, 1.82) is 0 Å². The van der Waals surface area contributed by atoms with Crippen LogP contribution in [-0.2, 0) is 4.74 Å². The fraction of sp³-hybridized carbons (Fsp3) is 0.625. The van der Waals surface area contributed by atoms with Crippen LogP contribution in [0.15, 0.2) is 28.2 Å². The summed E-state index contributed by atoms with van der Waals surface area (Å²) in [5.41, 5.74) is 14.8. The highest BCUT2D eigenvalue weighted by Crippen LogP contribution is 2.40. The summed E-state index contributed by atoms with van der Waals surface area (Å²) in [7, 11) is 0. The third-order valence-electron chi connectivity index (χ3n) is 6.56. The van der Waals surface area contributed by atoms with Crippen LogP contribution in [-0.4, -0.2) is 60.4 Å². The van der Waals surface area contributed by atoms with Crippen LogP contribution in [0.3, 0.4) is 0 Å². The lowest BCUT2D eigenvalue weighted by Crippen LogP contribution is -2.58. The number of aliphatic imine (C=N–C) groups is 2. The molecular weight excluding hydrogens is 418 g/mol. The molecule has 2 fully saturated rings. The van der Waals surface area contributed by atoms with Crippen molar-refractivity contribution in [3.8, 4) is 0 Å². The van der Waals surface area contributed by atoms with Crippen LogP contribution in [0.1, 0.15) is 58.4 Å². The number of piperazine rings is 1. The Hall–Kier alpha value is -2.97. The predicted molar refractivity (Wildman–Crippen MR) is 133 cm³/mol. The second kappa shape index (κ2) is 8.76. The lowest BCUT2D eigenvalue weighted by Gasteiger charge is -2.46. The molecule has 1 aromatic carbocycles. The zero-order valence-corrected chi connectivity index (χ0v) is 20.3. The van der Waals surface area contributed by atoms with E-state index in [-0.39, 0.29) is 12.1 Å². The molecule has 1 aliphatic carbocycles. The molecule has 1 saturated heterocycles. The fourth-order valence-electron chi connectivity index (χ4n) is 5.08. The standard InChI is InChI=1S/C24H37N7O2/c1-17-16-18(31-21(26)27-20(25)28-24(31)10-6-5-7-11-24)8-9-19(17)29-12-14-30(15-13-29)22(32)33-23(2,3)4/h8-9,16H,5-7,10-15H2,1-4H3,(H4,25,26,27,28). The number of nitrogens with two attached hydrogens (primary N) is 2. The molecule has 0 unspecified atom stereocenters. The van der Waals surface area contributed by atoms with E-state index in [1.165, 1.54) is 6.42 Å². The molecule has 1 aromatic rings. The molecule has 0 atom stereocenters. The monoisotopic (exact) mass is 455 g/mol. The Labute approximate surface area is 196 Å². The molecule has 0 bridgehead atoms. The van der Waals surface area contributed by atoms with Crippen molar-refractivity contribution in [3.63, 3.8) is 0 Å². The van der Waals surface area contributed by atoms with Gasteiger partial charge in [0.25, 0.3) is 0 Å². The molecule has 1 saturated carbocycles. The van der Waals surface area contributed by atoms with E-state index in [4.69, 9.17) is 21.2 Å². The number of benzene rings is 1. The van der Waals surface area contributed by atoms with Gasteiger partial charge in [-0.2, -0.15) is 4.99 Å². The van der Waals surface area contributed by atoms with E-state index >= 15 is 0 Å². The van der Waals surface area contributed by atoms with Gasteiger partial charge in [0.15, 0.2) is 0 Å². The smallest absolute Gasteiger partial charge is 0.410 e. The van der Waals surface area contributed by atoms with E-state index in [1.807, 2.05) is 20.8 Å². The molecule has 4 rings (SSSR count). The van der Waals surface area contributed by atoms with Crippen LogP contribution in [0.2, 0.25) is 0 Å². The van der Waals surface area contributed by atoms with Crippen LogP contribution in [0.4, 0.5) is 16.2 Å². The first-order valence-corrected chi connectivity index (χ1v) is 11.9. The fourth-order valence-corrected chi connectivity index (χ4v) is 5.08. The molecule has 3 aliphatic rings.